The maximum absolute atomic E-state index is 12.5. The third kappa shape index (κ3) is 4.08. The van der Waals surface area contributed by atoms with E-state index in [0.29, 0.717) is 0 Å². The van der Waals surface area contributed by atoms with E-state index in [0.717, 1.165) is 0 Å². The predicted molar refractivity (Wildman–Crippen MR) is 81.3 cm³/mol. The van der Waals surface area contributed by atoms with Crippen LogP contribution in [0.3, 0.4) is 0 Å². The topological polar surface area (TPSA) is 72.9 Å². The average Bonchev–Trinajstić information content (AvgIpc) is 2.39. The van der Waals surface area contributed by atoms with Crippen molar-refractivity contribution in [2.75, 3.05) is 19.7 Å². The van der Waals surface area contributed by atoms with Gasteiger partial charge in [0.15, 0.2) is 5.78 Å². The first-order chi connectivity index (χ1) is 10.2. The lowest BCUT2D eigenvalue weighted by Gasteiger charge is -2.38. The standard InChI is InChI=1S/C16H25NO5/c1-6-8-16(13(19)21-7-2)9-10-17(11-12(16)18)14(20)22-15(3,4)5/h6H,1,7-11H2,2-5H3. The number of ketones is 1. The van der Waals surface area contributed by atoms with Gasteiger partial charge in [0.1, 0.15) is 11.0 Å². The van der Waals surface area contributed by atoms with Crippen LogP contribution >= 0.6 is 0 Å². The first-order valence-electron chi connectivity index (χ1n) is 7.45. The zero-order valence-electron chi connectivity index (χ0n) is 13.8. The maximum Gasteiger partial charge on any atom is 0.410 e. The fraction of sp³-hybridized carbons (Fsp3) is 0.688. The molecule has 22 heavy (non-hydrogen) atoms. The molecule has 1 aliphatic rings. The number of amides is 1. The lowest BCUT2D eigenvalue weighted by atomic mass is 9.74. The van der Waals surface area contributed by atoms with Crippen molar-refractivity contribution in [3.63, 3.8) is 0 Å². The summed E-state index contributed by atoms with van der Waals surface area (Å²) in [6.45, 7) is 10.9. The molecule has 1 atom stereocenters. The van der Waals surface area contributed by atoms with Crippen LogP contribution < -0.4 is 0 Å². The molecule has 0 radical (unpaired) electrons. The Morgan fingerprint density at radius 2 is 2.05 bits per heavy atom. The zero-order chi connectivity index (χ0) is 17.0. The van der Waals surface area contributed by atoms with Crippen molar-refractivity contribution in [1.29, 1.82) is 0 Å². The van der Waals surface area contributed by atoms with Gasteiger partial charge in [-0.1, -0.05) is 6.08 Å². The zero-order valence-corrected chi connectivity index (χ0v) is 13.8. The molecule has 0 aromatic heterocycles. The highest BCUT2D eigenvalue weighted by atomic mass is 16.6. The van der Waals surface area contributed by atoms with Crippen molar-refractivity contribution >= 4 is 17.8 Å². The monoisotopic (exact) mass is 311 g/mol. The minimum Gasteiger partial charge on any atom is -0.465 e. The van der Waals surface area contributed by atoms with Crippen molar-refractivity contribution in [2.45, 2.75) is 46.1 Å². The summed E-state index contributed by atoms with van der Waals surface area (Å²) in [6.07, 6.45) is 1.43. The second-order valence-electron chi connectivity index (χ2n) is 6.37. The Balaban J connectivity index is 2.86. The minimum atomic E-state index is -1.23. The number of piperidine rings is 1. The minimum absolute atomic E-state index is 0.151. The molecule has 0 spiro atoms. The molecule has 6 heteroatoms. The summed E-state index contributed by atoms with van der Waals surface area (Å²) in [7, 11) is 0. The fourth-order valence-electron chi connectivity index (χ4n) is 2.38. The molecule has 124 valence electrons. The van der Waals surface area contributed by atoms with Crippen LogP contribution in [-0.4, -0.2) is 48.0 Å². The molecular weight excluding hydrogens is 286 g/mol. The Hall–Kier alpha value is -1.85. The van der Waals surface area contributed by atoms with Gasteiger partial charge < -0.3 is 14.4 Å². The molecule has 0 aromatic carbocycles. The number of carbonyl (C=O) groups excluding carboxylic acids is 3. The van der Waals surface area contributed by atoms with Crippen molar-refractivity contribution in [1.82, 2.24) is 4.90 Å². The Morgan fingerprint density at radius 3 is 2.50 bits per heavy atom. The number of nitrogens with zero attached hydrogens (tertiary/aromatic N) is 1. The van der Waals surface area contributed by atoms with Crippen LogP contribution in [0.2, 0.25) is 0 Å². The summed E-state index contributed by atoms with van der Waals surface area (Å²) in [4.78, 5) is 38.1. The second-order valence-corrected chi connectivity index (χ2v) is 6.37. The molecular formula is C16H25NO5. The van der Waals surface area contributed by atoms with Crippen molar-refractivity contribution in [2.24, 2.45) is 5.41 Å². The third-order valence-corrected chi connectivity index (χ3v) is 3.49. The van der Waals surface area contributed by atoms with E-state index in [1.165, 1.54) is 11.0 Å². The van der Waals surface area contributed by atoms with Crippen LogP contribution in [-0.2, 0) is 19.1 Å². The molecule has 0 N–H and O–H groups in total. The summed E-state index contributed by atoms with van der Waals surface area (Å²) < 4.78 is 10.3. The maximum atomic E-state index is 12.5. The van der Waals surface area contributed by atoms with E-state index in [4.69, 9.17) is 9.47 Å². The fourth-order valence-corrected chi connectivity index (χ4v) is 2.38. The summed E-state index contributed by atoms with van der Waals surface area (Å²) in [5.74, 6) is -0.869. The normalized spacial score (nSPS) is 22.2. The van der Waals surface area contributed by atoms with Crippen molar-refractivity contribution in [3.8, 4) is 0 Å². The average molecular weight is 311 g/mol. The van der Waals surface area contributed by atoms with Gasteiger partial charge in [-0.15, -0.1) is 6.58 Å². The third-order valence-electron chi connectivity index (χ3n) is 3.49. The SMILES string of the molecule is C=CCC1(C(=O)OCC)CCN(C(=O)OC(C)(C)C)CC1=O. The molecule has 6 nitrogen and oxygen atoms in total. The Kier molecular flexibility index (Phi) is 5.74. The number of allylic oxidation sites excluding steroid dienone is 1. The Morgan fingerprint density at radius 1 is 1.41 bits per heavy atom. The van der Waals surface area contributed by atoms with Crippen molar-refractivity contribution in [3.05, 3.63) is 12.7 Å². The molecule has 1 amide bonds. The molecule has 1 fully saturated rings. The van der Waals surface area contributed by atoms with E-state index < -0.39 is 23.1 Å². The second kappa shape index (κ2) is 6.94. The lowest BCUT2D eigenvalue weighted by Crippen LogP contribution is -2.54. The van der Waals surface area contributed by atoms with E-state index in [2.05, 4.69) is 6.58 Å². The van der Waals surface area contributed by atoms with Crippen LogP contribution in [0, 0.1) is 5.41 Å². The van der Waals surface area contributed by atoms with Crippen LogP contribution in [0.1, 0.15) is 40.5 Å². The summed E-state index contributed by atoms with van der Waals surface area (Å²) >= 11 is 0. The number of carbonyl (C=O) groups is 3. The molecule has 1 unspecified atom stereocenters. The number of esters is 1. The number of ether oxygens (including phenoxy) is 2. The number of rotatable bonds is 4. The molecule has 1 rings (SSSR count). The molecule has 0 aliphatic carbocycles. The van der Waals surface area contributed by atoms with Crippen LogP contribution in [0.15, 0.2) is 12.7 Å². The number of hydrogen-bond donors (Lipinski definition) is 0. The van der Waals surface area contributed by atoms with Gasteiger partial charge in [0.25, 0.3) is 0 Å². The highest BCUT2D eigenvalue weighted by molar-refractivity contribution is 6.06. The van der Waals surface area contributed by atoms with Gasteiger partial charge in [-0.3, -0.25) is 9.59 Å². The quantitative estimate of drug-likeness (QED) is 0.452. The van der Waals surface area contributed by atoms with Crippen LogP contribution in [0.25, 0.3) is 0 Å². The smallest absolute Gasteiger partial charge is 0.410 e. The first-order valence-corrected chi connectivity index (χ1v) is 7.45. The number of likely N-dealkylation sites (tertiary alicyclic amines) is 1. The highest BCUT2D eigenvalue weighted by Crippen LogP contribution is 2.34. The molecule has 0 bridgehead atoms. The van der Waals surface area contributed by atoms with E-state index in [-0.39, 0.29) is 38.3 Å². The van der Waals surface area contributed by atoms with E-state index in [1.807, 2.05) is 0 Å². The van der Waals surface area contributed by atoms with Gasteiger partial charge in [-0.2, -0.15) is 0 Å². The van der Waals surface area contributed by atoms with E-state index in [9.17, 15) is 14.4 Å². The van der Waals surface area contributed by atoms with E-state index >= 15 is 0 Å². The van der Waals surface area contributed by atoms with Crippen LogP contribution in [0.5, 0.6) is 0 Å². The van der Waals surface area contributed by atoms with Crippen molar-refractivity contribution < 1.29 is 23.9 Å². The Bertz CT molecular complexity index is 466. The number of Topliss-reactive ketones (excluding diaryl/α,β-unsaturated/α-hetero) is 1. The molecule has 1 heterocycles. The van der Waals surface area contributed by atoms with Gasteiger partial charge in [-0.25, -0.2) is 4.79 Å². The molecule has 1 saturated heterocycles. The summed E-state index contributed by atoms with van der Waals surface area (Å²) in [6, 6.07) is 0. The van der Waals surface area contributed by atoms with Gasteiger partial charge in [-0.05, 0) is 40.5 Å². The van der Waals surface area contributed by atoms with Gasteiger partial charge in [0.2, 0.25) is 0 Å². The summed E-state index contributed by atoms with van der Waals surface area (Å²) in [5.41, 5.74) is -1.85. The highest BCUT2D eigenvalue weighted by Gasteiger charge is 2.50. The van der Waals surface area contributed by atoms with Gasteiger partial charge in [0, 0.05) is 6.54 Å². The van der Waals surface area contributed by atoms with Gasteiger partial charge >= 0.3 is 12.1 Å². The first kappa shape index (κ1) is 18.2. The van der Waals surface area contributed by atoms with E-state index in [1.54, 1.807) is 27.7 Å². The van der Waals surface area contributed by atoms with Gasteiger partial charge in [0.05, 0.1) is 13.2 Å². The number of hydrogen-bond acceptors (Lipinski definition) is 5. The summed E-state index contributed by atoms with van der Waals surface area (Å²) in [5, 5.41) is 0. The molecule has 1 aliphatic heterocycles. The molecule has 0 saturated carbocycles. The van der Waals surface area contributed by atoms with Crippen LogP contribution in [0.4, 0.5) is 4.79 Å². The lowest BCUT2D eigenvalue weighted by molar-refractivity contribution is -0.163. The largest absolute Gasteiger partial charge is 0.465 e. The predicted octanol–water partition coefficient (Wildman–Crippen LogP) is 2.32. The molecule has 0 aromatic rings. The Labute approximate surface area is 131 Å².